The topological polar surface area (TPSA) is 83.6 Å². The highest BCUT2D eigenvalue weighted by Crippen LogP contribution is 2.15. The second-order valence-electron chi connectivity index (χ2n) is 5.94. The van der Waals surface area contributed by atoms with Crippen molar-refractivity contribution in [2.75, 3.05) is 13.6 Å². The summed E-state index contributed by atoms with van der Waals surface area (Å²) in [7, 11) is -2.42. The molecule has 1 N–H and O–H groups in total. The van der Waals surface area contributed by atoms with E-state index >= 15 is 0 Å². The summed E-state index contributed by atoms with van der Waals surface area (Å²) in [5, 5.41) is 2.77. The molecule has 1 amide bonds. The minimum atomic E-state index is -3.77. The van der Waals surface area contributed by atoms with Crippen molar-refractivity contribution < 1.29 is 18.0 Å². The van der Waals surface area contributed by atoms with Crippen molar-refractivity contribution in [1.29, 1.82) is 0 Å². The molecular formula is C16H24N2O4S. The van der Waals surface area contributed by atoms with Gasteiger partial charge < -0.3 is 5.32 Å². The van der Waals surface area contributed by atoms with Gasteiger partial charge in [0.05, 0.1) is 11.4 Å². The predicted molar refractivity (Wildman–Crippen MR) is 88.7 cm³/mol. The Labute approximate surface area is 137 Å². The first-order valence-corrected chi connectivity index (χ1v) is 8.86. The highest BCUT2D eigenvalue weighted by Gasteiger charge is 2.23. The van der Waals surface area contributed by atoms with Gasteiger partial charge in [0.1, 0.15) is 0 Å². The van der Waals surface area contributed by atoms with Crippen LogP contribution in [-0.4, -0.2) is 44.0 Å². The normalized spacial score (nSPS) is 13.2. The van der Waals surface area contributed by atoms with Gasteiger partial charge in [-0.05, 0) is 31.9 Å². The Balaban J connectivity index is 2.83. The van der Waals surface area contributed by atoms with Crippen molar-refractivity contribution in [1.82, 2.24) is 9.62 Å². The van der Waals surface area contributed by atoms with Crippen molar-refractivity contribution in [2.24, 2.45) is 5.92 Å². The molecular weight excluding hydrogens is 316 g/mol. The van der Waals surface area contributed by atoms with Crippen molar-refractivity contribution in [3.63, 3.8) is 0 Å². The fraction of sp³-hybridized carbons (Fsp3) is 0.500. The van der Waals surface area contributed by atoms with Gasteiger partial charge in [-0.2, -0.15) is 4.31 Å². The zero-order chi connectivity index (χ0) is 17.8. The van der Waals surface area contributed by atoms with Gasteiger partial charge in [0.15, 0.2) is 5.78 Å². The molecule has 0 aliphatic carbocycles. The Hall–Kier alpha value is -1.73. The molecule has 0 spiro atoms. The molecule has 1 rings (SSSR count). The second kappa shape index (κ2) is 7.70. The van der Waals surface area contributed by atoms with Gasteiger partial charge in [-0.1, -0.05) is 26.0 Å². The Morgan fingerprint density at radius 2 is 1.65 bits per heavy atom. The molecule has 0 bridgehead atoms. The number of amides is 1. The van der Waals surface area contributed by atoms with E-state index in [1.165, 1.54) is 38.2 Å². The lowest BCUT2D eigenvalue weighted by Gasteiger charge is -2.21. The van der Waals surface area contributed by atoms with E-state index in [-0.39, 0.29) is 35.1 Å². The number of carbonyl (C=O) groups excluding carboxylic acids is 2. The quantitative estimate of drug-likeness (QED) is 0.765. The molecule has 1 unspecified atom stereocenters. The standard InChI is InChI=1S/C16H24N2O4S/c1-11(2)12(3)17-16(20)10-18(5)23(21,22)15-8-6-14(7-9-15)13(4)19/h6-9,11-12H,10H2,1-5H3,(H,17,20). The van der Waals surface area contributed by atoms with E-state index in [1.807, 2.05) is 20.8 Å². The van der Waals surface area contributed by atoms with Crippen LogP contribution in [0.15, 0.2) is 29.2 Å². The van der Waals surface area contributed by atoms with Crippen LogP contribution in [0.3, 0.4) is 0 Å². The van der Waals surface area contributed by atoms with E-state index in [1.54, 1.807) is 0 Å². The molecule has 0 aliphatic rings. The number of likely N-dealkylation sites (N-methyl/N-ethyl adjacent to an activating group) is 1. The monoisotopic (exact) mass is 340 g/mol. The molecule has 0 aromatic heterocycles. The number of hydrogen-bond donors (Lipinski definition) is 1. The largest absolute Gasteiger partial charge is 0.352 e. The van der Waals surface area contributed by atoms with Crippen molar-refractivity contribution >= 4 is 21.7 Å². The number of ketones is 1. The second-order valence-corrected chi connectivity index (χ2v) is 7.99. The Kier molecular flexibility index (Phi) is 6.47. The summed E-state index contributed by atoms with van der Waals surface area (Å²) in [6.07, 6.45) is 0. The molecule has 0 aliphatic heterocycles. The average molecular weight is 340 g/mol. The first-order chi connectivity index (χ1) is 10.6. The molecule has 0 saturated carbocycles. The zero-order valence-corrected chi connectivity index (χ0v) is 15.0. The first kappa shape index (κ1) is 19.3. The number of carbonyl (C=O) groups is 2. The van der Waals surface area contributed by atoms with E-state index < -0.39 is 10.0 Å². The van der Waals surface area contributed by atoms with E-state index in [0.717, 1.165) is 4.31 Å². The summed E-state index contributed by atoms with van der Waals surface area (Å²) in [6, 6.07) is 5.64. The van der Waals surface area contributed by atoms with E-state index in [0.29, 0.717) is 5.56 Å². The lowest BCUT2D eigenvalue weighted by molar-refractivity contribution is -0.122. The highest BCUT2D eigenvalue weighted by atomic mass is 32.2. The Morgan fingerprint density at radius 3 is 2.09 bits per heavy atom. The van der Waals surface area contributed by atoms with Crippen LogP contribution in [0.2, 0.25) is 0 Å². The maximum atomic E-state index is 12.4. The van der Waals surface area contributed by atoms with Crippen LogP contribution in [-0.2, 0) is 14.8 Å². The third-order valence-corrected chi connectivity index (χ3v) is 5.54. The van der Waals surface area contributed by atoms with E-state index in [4.69, 9.17) is 0 Å². The van der Waals surface area contributed by atoms with Crippen LogP contribution in [0.5, 0.6) is 0 Å². The molecule has 23 heavy (non-hydrogen) atoms. The lowest BCUT2D eigenvalue weighted by Crippen LogP contribution is -2.43. The van der Waals surface area contributed by atoms with Crippen LogP contribution in [0.25, 0.3) is 0 Å². The number of hydrogen-bond acceptors (Lipinski definition) is 4. The number of benzene rings is 1. The van der Waals surface area contributed by atoms with E-state index in [9.17, 15) is 18.0 Å². The van der Waals surface area contributed by atoms with Gasteiger partial charge in [-0.25, -0.2) is 8.42 Å². The Bertz CT molecular complexity index is 666. The van der Waals surface area contributed by atoms with Crippen LogP contribution in [0.4, 0.5) is 0 Å². The van der Waals surface area contributed by atoms with Crippen LogP contribution in [0, 0.1) is 5.92 Å². The zero-order valence-electron chi connectivity index (χ0n) is 14.2. The van der Waals surface area contributed by atoms with Gasteiger partial charge in [0.2, 0.25) is 15.9 Å². The minimum Gasteiger partial charge on any atom is -0.352 e. The molecule has 0 saturated heterocycles. The van der Waals surface area contributed by atoms with Crippen molar-refractivity contribution in [3.05, 3.63) is 29.8 Å². The van der Waals surface area contributed by atoms with Crippen LogP contribution < -0.4 is 5.32 Å². The third-order valence-electron chi connectivity index (χ3n) is 3.72. The van der Waals surface area contributed by atoms with Gasteiger partial charge in [-0.15, -0.1) is 0 Å². The minimum absolute atomic E-state index is 0.0338. The molecule has 7 heteroatoms. The van der Waals surface area contributed by atoms with Gasteiger partial charge in [0.25, 0.3) is 0 Å². The summed E-state index contributed by atoms with van der Waals surface area (Å²) in [6.45, 7) is 6.98. The highest BCUT2D eigenvalue weighted by molar-refractivity contribution is 7.89. The SMILES string of the molecule is CC(=O)c1ccc(S(=O)(=O)N(C)CC(=O)NC(C)C(C)C)cc1. The predicted octanol–water partition coefficient (Wildman–Crippen LogP) is 1.67. The number of nitrogens with zero attached hydrogens (tertiary/aromatic N) is 1. The molecule has 0 fully saturated rings. The van der Waals surface area contributed by atoms with E-state index in [2.05, 4.69) is 5.32 Å². The maximum Gasteiger partial charge on any atom is 0.243 e. The number of sulfonamides is 1. The Morgan fingerprint density at radius 1 is 1.13 bits per heavy atom. The molecule has 0 radical (unpaired) electrons. The van der Waals surface area contributed by atoms with Crippen molar-refractivity contribution in [2.45, 2.75) is 38.6 Å². The summed E-state index contributed by atoms with van der Waals surface area (Å²) in [4.78, 5) is 23.2. The fourth-order valence-corrected chi connectivity index (χ4v) is 2.92. The van der Waals surface area contributed by atoms with Crippen molar-refractivity contribution in [3.8, 4) is 0 Å². The summed E-state index contributed by atoms with van der Waals surface area (Å²) < 4.78 is 25.9. The fourth-order valence-electron chi connectivity index (χ4n) is 1.80. The molecule has 6 nitrogen and oxygen atoms in total. The van der Waals surface area contributed by atoms with Gasteiger partial charge >= 0.3 is 0 Å². The smallest absolute Gasteiger partial charge is 0.243 e. The molecule has 1 atom stereocenters. The first-order valence-electron chi connectivity index (χ1n) is 7.42. The number of nitrogens with one attached hydrogen (secondary N) is 1. The molecule has 0 heterocycles. The van der Waals surface area contributed by atoms with Gasteiger partial charge in [0, 0.05) is 18.7 Å². The summed E-state index contributed by atoms with van der Waals surface area (Å²) in [5.41, 5.74) is 0.440. The lowest BCUT2D eigenvalue weighted by atomic mass is 10.1. The molecule has 1 aromatic carbocycles. The number of Topliss-reactive ketones (excluding diaryl/α,β-unsaturated/α-hetero) is 1. The molecule has 128 valence electrons. The maximum absolute atomic E-state index is 12.4. The summed E-state index contributed by atoms with van der Waals surface area (Å²) >= 11 is 0. The summed E-state index contributed by atoms with van der Waals surface area (Å²) in [5.74, 6) is -0.220. The van der Waals surface area contributed by atoms with Gasteiger partial charge in [-0.3, -0.25) is 9.59 Å². The number of rotatable bonds is 7. The average Bonchev–Trinajstić information content (AvgIpc) is 2.46. The van der Waals surface area contributed by atoms with Crippen LogP contribution >= 0.6 is 0 Å². The molecule has 1 aromatic rings. The third kappa shape index (κ3) is 5.14. The van der Waals surface area contributed by atoms with Crippen LogP contribution in [0.1, 0.15) is 38.1 Å².